The molecule has 1 aliphatic carbocycles. The van der Waals surface area contributed by atoms with Crippen molar-refractivity contribution >= 4 is 0 Å². The molecule has 2 atom stereocenters. The maximum atomic E-state index is 9.83. The van der Waals surface area contributed by atoms with Crippen LogP contribution >= 0.6 is 0 Å². The van der Waals surface area contributed by atoms with E-state index in [0.29, 0.717) is 5.92 Å². The molecule has 90 valence electrons. The van der Waals surface area contributed by atoms with E-state index in [4.69, 9.17) is 0 Å². The Bertz CT molecular complexity index is 321. The molecular weight excluding hydrogens is 200 g/mol. The maximum absolute atomic E-state index is 9.83. The number of aliphatic hydroxyl groups excluding tert-OH is 1. The summed E-state index contributed by atoms with van der Waals surface area (Å²) in [5.41, 5.74) is 1.31. The predicted octanol–water partition coefficient (Wildman–Crippen LogP) is 1.67. The van der Waals surface area contributed by atoms with Crippen LogP contribution in [0.25, 0.3) is 0 Å². The molecule has 1 aromatic heterocycles. The second kappa shape index (κ2) is 5.51. The van der Waals surface area contributed by atoms with Crippen LogP contribution in [0.2, 0.25) is 0 Å². The number of aromatic nitrogens is 1. The van der Waals surface area contributed by atoms with Crippen molar-refractivity contribution in [3.05, 3.63) is 24.0 Å². The monoisotopic (exact) mass is 222 g/mol. The predicted molar refractivity (Wildman–Crippen MR) is 65.1 cm³/mol. The Morgan fingerprint density at radius 1 is 1.44 bits per heavy atom. The Kier molecular flexibility index (Phi) is 4.02. The first kappa shape index (κ1) is 11.7. The van der Waals surface area contributed by atoms with E-state index in [2.05, 4.69) is 28.3 Å². The van der Waals surface area contributed by atoms with Gasteiger partial charge in [0.15, 0.2) is 0 Å². The fourth-order valence-electron chi connectivity index (χ4n) is 2.49. The molecule has 0 saturated heterocycles. The van der Waals surface area contributed by atoms with Crippen molar-refractivity contribution in [2.24, 2.45) is 13.0 Å². The molecule has 2 rings (SSSR count). The maximum Gasteiger partial charge on any atom is 0.0580 e. The van der Waals surface area contributed by atoms with Crippen molar-refractivity contribution in [2.75, 3.05) is 6.54 Å². The van der Waals surface area contributed by atoms with Crippen molar-refractivity contribution in [3.8, 4) is 0 Å². The number of nitrogens with zero attached hydrogens (tertiary/aromatic N) is 1. The molecule has 0 bridgehead atoms. The normalized spacial score (nSPS) is 25.9. The lowest BCUT2D eigenvalue weighted by molar-refractivity contribution is 0.0695. The van der Waals surface area contributed by atoms with E-state index in [0.717, 1.165) is 19.5 Å². The van der Waals surface area contributed by atoms with Gasteiger partial charge in [0.1, 0.15) is 0 Å². The quantitative estimate of drug-likeness (QED) is 0.813. The zero-order valence-electron chi connectivity index (χ0n) is 10.0. The number of nitrogens with one attached hydrogen (secondary N) is 1. The molecule has 0 aromatic carbocycles. The Hall–Kier alpha value is -0.800. The average Bonchev–Trinajstić information content (AvgIpc) is 2.67. The molecule has 1 saturated carbocycles. The largest absolute Gasteiger partial charge is 0.393 e. The molecule has 0 spiro atoms. The molecule has 16 heavy (non-hydrogen) atoms. The first-order chi connectivity index (χ1) is 7.75. The lowest BCUT2D eigenvalue weighted by atomic mass is 9.86. The zero-order chi connectivity index (χ0) is 11.4. The minimum Gasteiger partial charge on any atom is -0.393 e. The highest BCUT2D eigenvalue weighted by Gasteiger charge is 2.22. The summed E-state index contributed by atoms with van der Waals surface area (Å²) in [7, 11) is 2.04. The van der Waals surface area contributed by atoms with Crippen LogP contribution in [0, 0.1) is 5.92 Å². The molecule has 1 aromatic rings. The van der Waals surface area contributed by atoms with E-state index in [-0.39, 0.29) is 6.10 Å². The highest BCUT2D eigenvalue weighted by atomic mass is 16.3. The SMILES string of the molecule is Cn1ccc(CNCC2CCCCC2O)c1. The van der Waals surface area contributed by atoms with E-state index in [1.54, 1.807) is 0 Å². The third-order valence-electron chi connectivity index (χ3n) is 3.50. The minimum absolute atomic E-state index is 0.0861. The van der Waals surface area contributed by atoms with E-state index in [1.165, 1.54) is 24.8 Å². The summed E-state index contributed by atoms with van der Waals surface area (Å²) in [6.07, 6.45) is 8.72. The van der Waals surface area contributed by atoms with Gasteiger partial charge in [-0.15, -0.1) is 0 Å². The third-order valence-corrected chi connectivity index (χ3v) is 3.50. The van der Waals surface area contributed by atoms with Gasteiger partial charge in [-0.2, -0.15) is 0 Å². The Labute approximate surface area is 97.5 Å². The number of rotatable bonds is 4. The summed E-state index contributed by atoms with van der Waals surface area (Å²) in [5.74, 6) is 0.456. The van der Waals surface area contributed by atoms with Gasteiger partial charge in [0.25, 0.3) is 0 Å². The average molecular weight is 222 g/mol. The van der Waals surface area contributed by atoms with E-state index >= 15 is 0 Å². The molecule has 3 nitrogen and oxygen atoms in total. The Morgan fingerprint density at radius 3 is 2.94 bits per heavy atom. The van der Waals surface area contributed by atoms with Crippen LogP contribution in [0.4, 0.5) is 0 Å². The van der Waals surface area contributed by atoms with E-state index in [1.807, 2.05) is 7.05 Å². The summed E-state index contributed by atoms with van der Waals surface area (Å²) >= 11 is 0. The van der Waals surface area contributed by atoms with Crippen LogP contribution in [-0.4, -0.2) is 22.3 Å². The summed E-state index contributed by atoms with van der Waals surface area (Å²) in [4.78, 5) is 0. The molecule has 2 N–H and O–H groups in total. The zero-order valence-corrected chi connectivity index (χ0v) is 10.0. The Morgan fingerprint density at radius 2 is 2.25 bits per heavy atom. The van der Waals surface area contributed by atoms with Gasteiger partial charge < -0.3 is 15.0 Å². The fraction of sp³-hybridized carbons (Fsp3) is 0.692. The molecule has 1 fully saturated rings. The minimum atomic E-state index is -0.0861. The van der Waals surface area contributed by atoms with Crippen LogP contribution in [0.3, 0.4) is 0 Å². The summed E-state index contributed by atoms with van der Waals surface area (Å²) in [6.45, 7) is 1.85. The van der Waals surface area contributed by atoms with E-state index < -0.39 is 0 Å². The number of aryl methyl sites for hydroxylation is 1. The molecule has 1 aliphatic rings. The Balaban J connectivity index is 1.71. The van der Waals surface area contributed by atoms with Gasteiger partial charge in [0.05, 0.1) is 6.10 Å². The number of aliphatic hydroxyl groups is 1. The highest BCUT2D eigenvalue weighted by Crippen LogP contribution is 2.23. The van der Waals surface area contributed by atoms with Crippen LogP contribution < -0.4 is 5.32 Å². The first-order valence-corrected chi connectivity index (χ1v) is 6.25. The van der Waals surface area contributed by atoms with Crippen molar-refractivity contribution in [3.63, 3.8) is 0 Å². The summed E-state index contributed by atoms with van der Waals surface area (Å²) in [5, 5.41) is 13.3. The van der Waals surface area contributed by atoms with Gasteiger partial charge in [-0.25, -0.2) is 0 Å². The standard InChI is InChI=1S/C13H22N2O/c1-15-7-6-11(10-15)8-14-9-12-4-2-3-5-13(12)16/h6-7,10,12-14,16H,2-5,8-9H2,1H3. The van der Waals surface area contributed by atoms with Crippen LogP contribution in [0.15, 0.2) is 18.5 Å². The van der Waals surface area contributed by atoms with Crippen molar-refractivity contribution in [2.45, 2.75) is 38.3 Å². The third kappa shape index (κ3) is 3.09. The molecule has 0 radical (unpaired) electrons. The first-order valence-electron chi connectivity index (χ1n) is 6.25. The molecule has 2 unspecified atom stereocenters. The topological polar surface area (TPSA) is 37.2 Å². The second-order valence-electron chi connectivity index (χ2n) is 4.93. The van der Waals surface area contributed by atoms with Gasteiger partial charge >= 0.3 is 0 Å². The van der Waals surface area contributed by atoms with E-state index in [9.17, 15) is 5.11 Å². The molecular formula is C13H22N2O. The molecule has 3 heteroatoms. The van der Waals surface area contributed by atoms with Crippen LogP contribution in [-0.2, 0) is 13.6 Å². The van der Waals surface area contributed by atoms with Gasteiger partial charge in [0, 0.05) is 32.5 Å². The van der Waals surface area contributed by atoms with Gasteiger partial charge in [0.2, 0.25) is 0 Å². The lowest BCUT2D eigenvalue weighted by Crippen LogP contribution is -2.33. The van der Waals surface area contributed by atoms with Crippen LogP contribution in [0.1, 0.15) is 31.2 Å². The van der Waals surface area contributed by atoms with Gasteiger partial charge in [-0.3, -0.25) is 0 Å². The smallest absolute Gasteiger partial charge is 0.0580 e. The lowest BCUT2D eigenvalue weighted by Gasteiger charge is -2.27. The summed E-state index contributed by atoms with van der Waals surface area (Å²) < 4.78 is 2.06. The number of hydrogen-bond acceptors (Lipinski definition) is 2. The molecule has 0 aliphatic heterocycles. The van der Waals surface area contributed by atoms with Crippen molar-refractivity contribution in [1.82, 2.24) is 9.88 Å². The van der Waals surface area contributed by atoms with Gasteiger partial charge in [-0.05, 0) is 30.4 Å². The number of hydrogen-bond donors (Lipinski definition) is 2. The summed E-state index contributed by atoms with van der Waals surface area (Å²) in [6, 6.07) is 2.13. The molecule has 1 heterocycles. The fourth-order valence-corrected chi connectivity index (χ4v) is 2.49. The second-order valence-corrected chi connectivity index (χ2v) is 4.93. The molecule has 0 amide bonds. The van der Waals surface area contributed by atoms with Gasteiger partial charge in [-0.1, -0.05) is 12.8 Å². The highest BCUT2D eigenvalue weighted by molar-refractivity contribution is 5.09. The van der Waals surface area contributed by atoms with Crippen molar-refractivity contribution in [1.29, 1.82) is 0 Å². The van der Waals surface area contributed by atoms with Crippen molar-refractivity contribution < 1.29 is 5.11 Å². The van der Waals surface area contributed by atoms with Crippen LogP contribution in [0.5, 0.6) is 0 Å².